The highest BCUT2D eigenvalue weighted by molar-refractivity contribution is 6.27. The lowest BCUT2D eigenvalue weighted by atomic mass is 10.0. The minimum Gasteiger partial charge on any atom is -0.378 e. The number of aliphatic imine (C=N–C) groups is 1. The van der Waals surface area contributed by atoms with Crippen molar-refractivity contribution in [3.63, 3.8) is 0 Å². The van der Waals surface area contributed by atoms with Crippen molar-refractivity contribution in [3.05, 3.63) is 77.8 Å². The number of likely N-dealkylation sites (tertiary alicyclic amines) is 1. The van der Waals surface area contributed by atoms with Crippen molar-refractivity contribution < 1.29 is 9.18 Å². The van der Waals surface area contributed by atoms with E-state index in [9.17, 15) is 9.18 Å². The molecule has 28 heavy (non-hydrogen) atoms. The molecule has 0 spiro atoms. The molecule has 2 aromatic rings. The number of hydrogen-bond acceptors (Lipinski definition) is 3. The second kappa shape index (κ2) is 7.43. The van der Waals surface area contributed by atoms with E-state index in [1.54, 1.807) is 17.2 Å². The molecular formula is C23H22FN3O. The molecule has 0 aromatic heterocycles. The number of carbonyl (C=O) groups is 1. The second-order valence-electron chi connectivity index (χ2n) is 7.22. The number of hydrogen-bond donors (Lipinski definition) is 0. The first-order chi connectivity index (χ1) is 13.5. The summed E-state index contributed by atoms with van der Waals surface area (Å²) in [7, 11) is 3.97. The molecule has 142 valence electrons. The van der Waals surface area contributed by atoms with Crippen LogP contribution >= 0.6 is 0 Å². The van der Waals surface area contributed by atoms with Crippen LogP contribution in [0.3, 0.4) is 0 Å². The van der Waals surface area contributed by atoms with Crippen LogP contribution in [0.15, 0.2) is 71.4 Å². The maximum absolute atomic E-state index is 14.8. The first-order valence-electron chi connectivity index (χ1n) is 9.30. The van der Waals surface area contributed by atoms with E-state index in [0.29, 0.717) is 24.1 Å². The Hall–Kier alpha value is -3.21. The fourth-order valence-corrected chi connectivity index (χ4v) is 3.48. The van der Waals surface area contributed by atoms with Crippen molar-refractivity contribution in [1.82, 2.24) is 4.90 Å². The Kier molecular flexibility index (Phi) is 4.82. The Morgan fingerprint density at radius 3 is 2.57 bits per heavy atom. The summed E-state index contributed by atoms with van der Waals surface area (Å²) < 4.78 is 14.8. The molecule has 0 atom stereocenters. The van der Waals surface area contributed by atoms with E-state index in [1.165, 1.54) is 6.07 Å². The molecule has 5 heteroatoms. The lowest BCUT2D eigenvalue weighted by Gasteiger charge is -2.16. The van der Waals surface area contributed by atoms with Gasteiger partial charge < -0.3 is 9.80 Å². The predicted molar refractivity (Wildman–Crippen MR) is 111 cm³/mol. The van der Waals surface area contributed by atoms with Crippen LogP contribution in [-0.2, 0) is 11.3 Å². The maximum atomic E-state index is 14.8. The number of anilines is 1. The fraction of sp³-hybridized carbons (Fsp3) is 0.217. The first kappa shape index (κ1) is 18.2. The monoisotopic (exact) mass is 375 g/mol. The first-order valence-corrected chi connectivity index (χ1v) is 9.30. The molecule has 2 aliphatic heterocycles. The van der Waals surface area contributed by atoms with E-state index < -0.39 is 0 Å². The lowest BCUT2D eigenvalue weighted by molar-refractivity contribution is -0.125. The summed E-state index contributed by atoms with van der Waals surface area (Å²) in [5.41, 5.74) is 4.79. The third-order valence-electron chi connectivity index (χ3n) is 5.09. The Morgan fingerprint density at radius 1 is 1.11 bits per heavy atom. The van der Waals surface area contributed by atoms with Gasteiger partial charge in [0.2, 0.25) is 0 Å². The number of benzene rings is 2. The summed E-state index contributed by atoms with van der Waals surface area (Å²) in [6.07, 6.45) is 6.23. The third-order valence-corrected chi connectivity index (χ3v) is 5.09. The van der Waals surface area contributed by atoms with Crippen LogP contribution in [0.1, 0.15) is 12.0 Å². The number of allylic oxidation sites excluding steroid dienone is 2. The predicted octanol–water partition coefficient (Wildman–Crippen LogP) is 4.19. The molecule has 0 N–H and O–H groups in total. The minimum atomic E-state index is -0.301. The van der Waals surface area contributed by atoms with E-state index in [2.05, 4.69) is 4.99 Å². The highest BCUT2D eigenvalue weighted by atomic mass is 19.1. The molecule has 0 saturated carbocycles. The van der Waals surface area contributed by atoms with Crippen molar-refractivity contribution in [3.8, 4) is 11.1 Å². The van der Waals surface area contributed by atoms with Gasteiger partial charge in [-0.3, -0.25) is 9.79 Å². The molecule has 2 aromatic carbocycles. The topological polar surface area (TPSA) is 35.9 Å². The summed E-state index contributed by atoms with van der Waals surface area (Å²) >= 11 is 0. The number of rotatable bonds is 4. The average Bonchev–Trinajstić information content (AvgIpc) is 2.85. The molecule has 2 aliphatic rings. The zero-order valence-corrected chi connectivity index (χ0v) is 16.0. The molecule has 2 heterocycles. The van der Waals surface area contributed by atoms with Gasteiger partial charge in [-0.15, -0.1) is 0 Å². The molecule has 0 radical (unpaired) electrons. The Bertz CT molecular complexity index is 1000. The van der Waals surface area contributed by atoms with Gasteiger partial charge in [0.1, 0.15) is 5.82 Å². The molecule has 4 rings (SSSR count). The van der Waals surface area contributed by atoms with Crippen LogP contribution < -0.4 is 4.90 Å². The molecule has 1 saturated heterocycles. The summed E-state index contributed by atoms with van der Waals surface area (Å²) in [6, 6.07) is 13.2. The molecule has 0 bridgehead atoms. The van der Waals surface area contributed by atoms with Gasteiger partial charge in [0.05, 0.1) is 17.8 Å². The van der Waals surface area contributed by atoms with Crippen LogP contribution in [0.25, 0.3) is 11.1 Å². The van der Waals surface area contributed by atoms with Crippen LogP contribution in [0.4, 0.5) is 10.1 Å². The van der Waals surface area contributed by atoms with Gasteiger partial charge in [0, 0.05) is 38.1 Å². The van der Waals surface area contributed by atoms with E-state index >= 15 is 0 Å². The lowest BCUT2D eigenvalue weighted by Crippen LogP contribution is -2.25. The number of amides is 1. The van der Waals surface area contributed by atoms with Gasteiger partial charge >= 0.3 is 0 Å². The van der Waals surface area contributed by atoms with Gasteiger partial charge in [0.25, 0.3) is 5.91 Å². The minimum absolute atomic E-state index is 0.0785. The second-order valence-corrected chi connectivity index (χ2v) is 7.22. The van der Waals surface area contributed by atoms with Crippen LogP contribution in [0.5, 0.6) is 0 Å². The molecular weight excluding hydrogens is 353 g/mol. The van der Waals surface area contributed by atoms with Crippen LogP contribution in [0, 0.1) is 5.82 Å². The van der Waals surface area contributed by atoms with Gasteiger partial charge in [0.15, 0.2) is 0 Å². The normalized spacial score (nSPS) is 15.8. The third kappa shape index (κ3) is 3.48. The van der Waals surface area contributed by atoms with Crippen molar-refractivity contribution in [2.45, 2.75) is 13.0 Å². The van der Waals surface area contributed by atoms with E-state index in [4.69, 9.17) is 0 Å². The van der Waals surface area contributed by atoms with Crippen LogP contribution in [-0.4, -0.2) is 37.2 Å². The van der Waals surface area contributed by atoms with Gasteiger partial charge in [-0.1, -0.05) is 36.4 Å². The number of halogens is 1. The molecule has 0 aliphatic carbocycles. The summed E-state index contributed by atoms with van der Waals surface area (Å²) in [4.78, 5) is 20.6. The van der Waals surface area contributed by atoms with Crippen molar-refractivity contribution in [1.29, 1.82) is 0 Å². The number of fused-ring (bicyclic) bond motifs is 1. The maximum Gasteiger partial charge on any atom is 0.256 e. The summed E-state index contributed by atoms with van der Waals surface area (Å²) in [6.45, 7) is 0.660. The van der Waals surface area contributed by atoms with Crippen molar-refractivity contribution >= 4 is 17.3 Å². The molecule has 1 amide bonds. The Morgan fingerprint density at radius 2 is 1.86 bits per heavy atom. The summed E-state index contributed by atoms with van der Waals surface area (Å²) in [5, 5.41) is 0. The smallest absolute Gasteiger partial charge is 0.256 e. The quantitative estimate of drug-likeness (QED) is 0.804. The zero-order valence-electron chi connectivity index (χ0n) is 16.0. The average molecular weight is 375 g/mol. The fourth-order valence-electron chi connectivity index (χ4n) is 3.48. The van der Waals surface area contributed by atoms with Crippen molar-refractivity contribution in [2.75, 3.05) is 25.5 Å². The van der Waals surface area contributed by atoms with E-state index in [0.717, 1.165) is 22.5 Å². The highest BCUT2D eigenvalue weighted by Crippen LogP contribution is 2.26. The SMILES string of the molecule is CN(C)c1ccc(-c2ccc(CN3CC4=NC=CCC=C4C3=O)c(F)c2)cc1. The van der Waals surface area contributed by atoms with Gasteiger partial charge in [-0.25, -0.2) is 4.39 Å². The largest absolute Gasteiger partial charge is 0.378 e. The number of carbonyl (C=O) groups excluding carboxylic acids is 1. The highest BCUT2D eigenvalue weighted by Gasteiger charge is 2.32. The Balaban J connectivity index is 1.53. The molecule has 1 fully saturated rings. The standard InChI is InChI=1S/C23H22FN3O/c1-26(2)19-10-8-16(9-11-19)17-6-7-18(21(24)13-17)14-27-15-22-20(23(27)28)5-3-4-12-25-22/h4-13H,3,14-15H2,1-2H3. The zero-order chi connectivity index (χ0) is 19.7. The van der Waals surface area contributed by atoms with E-state index in [1.807, 2.05) is 61.5 Å². The van der Waals surface area contributed by atoms with Gasteiger partial charge in [-0.05, 0) is 35.7 Å². The molecule has 0 unspecified atom stereocenters. The molecule has 4 nitrogen and oxygen atoms in total. The van der Waals surface area contributed by atoms with Crippen molar-refractivity contribution in [2.24, 2.45) is 4.99 Å². The Labute approximate surface area is 164 Å². The van der Waals surface area contributed by atoms with Crippen LogP contribution in [0.2, 0.25) is 0 Å². The van der Waals surface area contributed by atoms with Gasteiger partial charge in [-0.2, -0.15) is 0 Å². The number of nitrogens with zero attached hydrogens (tertiary/aromatic N) is 3. The van der Waals surface area contributed by atoms with E-state index in [-0.39, 0.29) is 18.3 Å². The summed E-state index contributed by atoms with van der Waals surface area (Å²) in [5.74, 6) is -0.380.